The molecule has 1 heterocycles. The molecule has 1 aromatic heterocycles. The highest BCUT2D eigenvalue weighted by Gasteiger charge is 2.20. The fourth-order valence-electron chi connectivity index (χ4n) is 2.32. The highest BCUT2D eigenvalue weighted by Crippen LogP contribution is 2.23. The van der Waals surface area contributed by atoms with E-state index in [2.05, 4.69) is 10.3 Å². The van der Waals surface area contributed by atoms with Crippen molar-refractivity contribution in [2.24, 2.45) is 0 Å². The van der Waals surface area contributed by atoms with Crippen LogP contribution in [0.2, 0.25) is 0 Å². The Morgan fingerprint density at radius 3 is 2.67 bits per heavy atom. The number of imidazole rings is 1. The Bertz CT molecular complexity index is 752. The van der Waals surface area contributed by atoms with Crippen LogP contribution in [0.4, 0.5) is 0 Å². The number of ether oxygens (including phenoxy) is 2. The first-order valence-electron chi connectivity index (χ1n) is 7.62. The summed E-state index contributed by atoms with van der Waals surface area (Å²) in [5.74, 6) is -0.151. The van der Waals surface area contributed by atoms with Crippen molar-refractivity contribution in [3.8, 4) is 11.4 Å². The number of rotatable bonds is 6. The molecule has 1 N–H and O–H groups in total. The molecule has 0 aliphatic heterocycles. The zero-order valence-electron chi connectivity index (χ0n) is 14.3. The number of methoxy groups -OCH3 is 2. The number of amides is 1. The first-order valence-corrected chi connectivity index (χ1v) is 7.62. The lowest BCUT2D eigenvalue weighted by molar-refractivity contribution is 0.0593. The zero-order valence-corrected chi connectivity index (χ0v) is 14.3. The summed E-state index contributed by atoms with van der Waals surface area (Å²) in [6.07, 6.45) is 2.33. The number of benzene rings is 1. The second kappa shape index (κ2) is 7.63. The Morgan fingerprint density at radius 2 is 2.04 bits per heavy atom. The molecule has 0 saturated carbocycles. The molecule has 24 heavy (non-hydrogen) atoms. The summed E-state index contributed by atoms with van der Waals surface area (Å²) in [6, 6.07) is 5.18. The van der Waals surface area contributed by atoms with Crippen LogP contribution >= 0.6 is 0 Å². The standard InChI is InChI=1S/C17H21N3O4/c1-5-8-18-16(21)13-9-12(23-3)6-7-14(13)20-10-19-15(11(20)2)17(22)24-4/h6-7,9-10H,5,8H2,1-4H3,(H,18,21). The van der Waals surface area contributed by atoms with E-state index in [1.807, 2.05) is 6.92 Å². The summed E-state index contributed by atoms with van der Waals surface area (Å²) in [5, 5.41) is 2.85. The summed E-state index contributed by atoms with van der Waals surface area (Å²) < 4.78 is 11.6. The minimum Gasteiger partial charge on any atom is -0.497 e. The second-order valence-corrected chi connectivity index (χ2v) is 5.18. The van der Waals surface area contributed by atoms with E-state index in [9.17, 15) is 9.59 Å². The molecule has 0 radical (unpaired) electrons. The van der Waals surface area contributed by atoms with E-state index in [1.54, 1.807) is 36.8 Å². The van der Waals surface area contributed by atoms with Crippen LogP contribution in [-0.2, 0) is 4.74 Å². The van der Waals surface area contributed by atoms with Gasteiger partial charge in [-0.3, -0.25) is 4.79 Å². The maximum Gasteiger partial charge on any atom is 0.358 e. The van der Waals surface area contributed by atoms with Crippen molar-refractivity contribution < 1.29 is 19.1 Å². The molecule has 2 rings (SSSR count). The van der Waals surface area contributed by atoms with Gasteiger partial charge in [-0.1, -0.05) is 6.92 Å². The molecular weight excluding hydrogens is 310 g/mol. The molecule has 0 fully saturated rings. The lowest BCUT2D eigenvalue weighted by Crippen LogP contribution is -2.25. The Morgan fingerprint density at radius 1 is 1.29 bits per heavy atom. The van der Waals surface area contributed by atoms with Gasteiger partial charge in [0.25, 0.3) is 5.91 Å². The molecule has 2 aromatic rings. The lowest BCUT2D eigenvalue weighted by atomic mass is 10.1. The van der Waals surface area contributed by atoms with Crippen LogP contribution in [0.3, 0.4) is 0 Å². The molecule has 0 aliphatic rings. The number of aromatic nitrogens is 2. The summed E-state index contributed by atoms with van der Waals surface area (Å²) in [6.45, 7) is 4.30. The van der Waals surface area contributed by atoms with Crippen molar-refractivity contribution in [1.29, 1.82) is 0 Å². The van der Waals surface area contributed by atoms with Gasteiger partial charge in [-0.05, 0) is 31.5 Å². The van der Waals surface area contributed by atoms with Crippen molar-refractivity contribution >= 4 is 11.9 Å². The first kappa shape index (κ1) is 17.5. The molecule has 128 valence electrons. The van der Waals surface area contributed by atoms with E-state index in [4.69, 9.17) is 9.47 Å². The average molecular weight is 331 g/mol. The molecule has 0 aliphatic carbocycles. The van der Waals surface area contributed by atoms with Crippen molar-refractivity contribution in [3.63, 3.8) is 0 Å². The fraction of sp³-hybridized carbons (Fsp3) is 0.353. The highest BCUT2D eigenvalue weighted by molar-refractivity contribution is 5.98. The SMILES string of the molecule is CCCNC(=O)c1cc(OC)ccc1-n1cnc(C(=O)OC)c1C. The van der Waals surface area contributed by atoms with Crippen LogP contribution in [0.5, 0.6) is 5.75 Å². The van der Waals surface area contributed by atoms with E-state index < -0.39 is 5.97 Å². The van der Waals surface area contributed by atoms with Crippen molar-refractivity contribution in [2.45, 2.75) is 20.3 Å². The smallest absolute Gasteiger partial charge is 0.358 e. The maximum absolute atomic E-state index is 12.5. The van der Waals surface area contributed by atoms with Gasteiger partial charge in [0.2, 0.25) is 0 Å². The zero-order chi connectivity index (χ0) is 17.7. The molecule has 1 amide bonds. The summed E-state index contributed by atoms with van der Waals surface area (Å²) in [4.78, 5) is 28.3. The number of nitrogens with one attached hydrogen (secondary N) is 1. The number of nitrogens with zero attached hydrogens (tertiary/aromatic N) is 2. The number of hydrogen-bond acceptors (Lipinski definition) is 5. The topological polar surface area (TPSA) is 82.5 Å². The van der Waals surface area contributed by atoms with E-state index >= 15 is 0 Å². The van der Waals surface area contributed by atoms with Gasteiger partial charge < -0.3 is 19.4 Å². The van der Waals surface area contributed by atoms with E-state index in [0.29, 0.717) is 29.2 Å². The average Bonchev–Trinajstić information content (AvgIpc) is 2.99. The van der Waals surface area contributed by atoms with Gasteiger partial charge in [0.1, 0.15) is 12.1 Å². The molecule has 0 atom stereocenters. The lowest BCUT2D eigenvalue weighted by Gasteiger charge is -2.13. The van der Waals surface area contributed by atoms with Gasteiger partial charge in [-0.2, -0.15) is 0 Å². The quantitative estimate of drug-likeness (QED) is 0.820. The fourth-order valence-corrected chi connectivity index (χ4v) is 2.32. The molecule has 0 spiro atoms. The second-order valence-electron chi connectivity index (χ2n) is 5.18. The first-order chi connectivity index (χ1) is 11.5. The maximum atomic E-state index is 12.5. The number of hydrogen-bond donors (Lipinski definition) is 1. The monoisotopic (exact) mass is 331 g/mol. The van der Waals surface area contributed by atoms with Crippen LogP contribution in [0, 0.1) is 6.92 Å². The Balaban J connectivity index is 2.52. The highest BCUT2D eigenvalue weighted by atomic mass is 16.5. The van der Waals surface area contributed by atoms with Gasteiger partial charge >= 0.3 is 5.97 Å². The predicted octanol–water partition coefficient (Wildman–Crippen LogP) is 2.12. The van der Waals surface area contributed by atoms with E-state index in [1.165, 1.54) is 13.4 Å². The summed E-state index contributed by atoms with van der Waals surface area (Å²) in [7, 11) is 2.85. The Hall–Kier alpha value is -2.83. The Kier molecular flexibility index (Phi) is 5.57. The molecule has 7 heteroatoms. The third kappa shape index (κ3) is 3.40. The summed E-state index contributed by atoms with van der Waals surface area (Å²) in [5.41, 5.74) is 1.87. The molecule has 0 bridgehead atoms. The van der Waals surface area contributed by atoms with Crippen LogP contribution < -0.4 is 10.1 Å². The summed E-state index contributed by atoms with van der Waals surface area (Å²) >= 11 is 0. The minimum atomic E-state index is -0.517. The molecule has 1 aromatic carbocycles. The number of esters is 1. The van der Waals surface area contributed by atoms with E-state index in [0.717, 1.165) is 6.42 Å². The molecular formula is C17H21N3O4. The van der Waals surface area contributed by atoms with Gasteiger partial charge in [-0.15, -0.1) is 0 Å². The van der Waals surface area contributed by atoms with Gasteiger partial charge in [0.15, 0.2) is 5.69 Å². The minimum absolute atomic E-state index is 0.210. The number of carbonyl (C=O) groups is 2. The van der Waals surface area contributed by atoms with E-state index in [-0.39, 0.29) is 11.6 Å². The van der Waals surface area contributed by atoms with Gasteiger partial charge in [0.05, 0.1) is 31.2 Å². The predicted molar refractivity (Wildman–Crippen MR) is 88.8 cm³/mol. The van der Waals surface area contributed by atoms with Crippen LogP contribution in [0.25, 0.3) is 5.69 Å². The molecule has 0 saturated heterocycles. The third-order valence-corrected chi connectivity index (χ3v) is 3.63. The third-order valence-electron chi connectivity index (χ3n) is 3.63. The normalized spacial score (nSPS) is 10.3. The van der Waals surface area contributed by atoms with Gasteiger partial charge in [0, 0.05) is 6.54 Å². The number of carbonyl (C=O) groups excluding carboxylic acids is 2. The van der Waals surface area contributed by atoms with Crippen LogP contribution in [-0.4, -0.2) is 42.2 Å². The van der Waals surface area contributed by atoms with Crippen molar-refractivity contribution in [1.82, 2.24) is 14.9 Å². The largest absolute Gasteiger partial charge is 0.497 e. The van der Waals surface area contributed by atoms with Crippen molar-refractivity contribution in [2.75, 3.05) is 20.8 Å². The van der Waals surface area contributed by atoms with Crippen molar-refractivity contribution in [3.05, 3.63) is 41.5 Å². The van der Waals surface area contributed by atoms with Crippen LogP contribution in [0.1, 0.15) is 39.9 Å². The Labute approximate surface area is 140 Å². The van der Waals surface area contributed by atoms with Crippen LogP contribution in [0.15, 0.2) is 24.5 Å². The molecule has 0 unspecified atom stereocenters. The van der Waals surface area contributed by atoms with Gasteiger partial charge in [-0.25, -0.2) is 9.78 Å². The molecule has 7 nitrogen and oxygen atoms in total.